The van der Waals surface area contributed by atoms with Gasteiger partial charge in [0.05, 0.1) is 5.56 Å². The van der Waals surface area contributed by atoms with E-state index in [9.17, 15) is 9.18 Å². The summed E-state index contributed by atoms with van der Waals surface area (Å²) in [5.74, 6) is -0.00756. The molecule has 0 aliphatic carbocycles. The number of aryl methyl sites for hydroxylation is 1. The second-order valence-corrected chi connectivity index (χ2v) is 5.64. The van der Waals surface area contributed by atoms with Gasteiger partial charge < -0.3 is 0 Å². The highest BCUT2D eigenvalue weighted by atomic mass is 32.2. The molecule has 0 saturated heterocycles. The SMILES string of the molecule is CCc1nsc(Sc2cccc(F)c2C(C)=O)n1. The molecular formula is C12H11FN2OS2. The molecule has 2 aromatic rings. The lowest BCUT2D eigenvalue weighted by Gasteiger charge is -2.04. The molecule has 94 valence electrons. The van der Waals surface area contributed by atoms with Gasteiger partial charge in [0.25, 0.3) is 0 Å². The second-order valence-electron chi connectivity index (χ2n) is 3.60. The molecule has 3 nitrogen and oxygen atoms in total. The van der Waals surface area contributed by atoms with E-state index in [1.807, 2.05) is 6.92 Å². The number of ketones is 1. The van der Waals surface area contributed by atoms with E-state index in [0.717, 1.165) is 16.6 Å². The fourth-order valence-electron chi connectivity index (χ4n) is 1.45. The molecule has 0 spiro atoms. The third kappa shape index (κ3) is 2.76. The van der Waals surface area contributed by atoms with Crippen molar-refractivity contribution in [3.63, 3.8) is 0 Å². The summed E-state index contributed by atoms with van der Waals surface area (Å²) in [5.41, 5.74) is 0.121. The van der Waals surface area contributed by atoms with E-state index in [-0.39, 0.29) is 11.3 Å². The second kappa shape index (κ2) is 5.58. The van der Waals surface area contributed by atoms with Crippen LogP contribution in [0.1, 0.15) is 30.0 Å². The quantitative estimate of drug-likeness (QED) is 0.804. The van der Waals surface area contributed by atoms with E-state index in [0.29, 0.717) is 4.90 Å². The summed E-state index contributed by atoms with van der Waals surface area (Å²) in [7, 11) is 0. The molecule has 0 aliphatic heterocycles. The molecule has 18 heavy (non-hydrogen) atoms. The van der Waals surface area contributed by atoms with Crippen molar-refractivity contribution in [1.29, 1.82) is 0 Å². The maximum atomic E-state index is 13.6. The minimum Gasteiger partial charge on any atom is -0.294 e. The van der Waals surface area contributed by atoms with Crippen molar-refractivity contribution in [2.75, 3.05) is 0 Å². The highest BCUT2D eigenvalue weighted by Crippen LogP contribution is 2.32. The minimum absolute atomic E-state index is 0.121. The van der Waals surface area contributed by atoms with Crippen LogP contribution < -0.4 is 0 Å². The highest BCUT2D eigenvalue weighted by molar-refractivity contribution is 8.01. The van der Waals surface area contributed by atoms with Crippen LogP contribution in [0, 0.1) is 5.82 Å². The standard InChI is InChI=1S/C12H11FN2OS2/c1-3-10-14-12(18-15-10)17-9-6-4-5-8(13)11(9)7(2)16/h4-6H,3H2,1-2H3. The lowest BCUT2D eigenvalue weighted by Crippen LogP contribution is -1.99. The average Bonchev–Trinajstić information content (AvgIpc) is 2.76. The average molecular weight is 282 g/mol. The minimum atomic E-state index is -0.493. The van der Waals surface area contributed by atoms with Crippen LogP contribution >= 0.6 is 23.3 Å². The Morgan fingerprint density at radius 1 is 1.50 bits per heavy atom. The summed E-state index contributed by atoms with van der Waals surface area (Å²) in [6.07, 6.45) is 0.764. The zero-order chi connectivity index (χ0) is 13.1. The molecule has 0 fully saturated rings. The van der Waals surface area contributed by atoms with Crippen LogP contribution in [0.5, 0.6) is 0 Å². The molecule has 0 unspecified atom stereocenters. The Kier molecular flexibility index (Phi) is 4.08. The van der Waals surface area contributed by atoms with Crippen LogP contribution in [0.3, 0.4) is 0 Å². The third-order valence-electron chi connectivity index (χ3n) is 2.29. The molecule has 1 aromatic heterocycles. The number of halogens is 1. The highest BCUT2D eigenvalue weighted by Gasteiger charge is 2.15. The van der Waals surface area contributed by atoms with Gasteiger partial charge in [-0.3, -0.25) is 4.79 Å². The van der Waals surface area contributed by atoms with Gasteiger partial charge in [0.2, 0.25) is 0 Å². The number of hydrogen-bond acceptors (Lipinski definition) is 5. The van der Waals surface area contributed by atoms with Gasteiger partial charge in [-0.05, 0) is 30.6 Å². The number of benzene rings is 1. The van der Waals surface area contributed by atoms with E-state index < -0.39 is 5.82 Å². The molecular weight excluding hydrogens is 271 g/mol. The molecule has 0 saturated carbocycles. The largest absolute Gasteiger partial charge is 0.294 e. The first kappa shape index (κ1) is 13.2. The molecule has 1 heterocycles. The third-order valence-corrected chi connectivity index (χ3v) is 4.14. The number of carbonyl (C=O) groups excluding carboxylic acids is 1. The van der Waals surface area contributed by atoms with E-state index in [4.69, 9.17) is 0 Å². The van der Waals surface area contributed by atoms with Crippen LogP contribution in [-0.4, -0.2) is 15.1 Å². The number of rotatable bonds is 4. The Morgan fingerprint density at radius 2 is 2.28 bits per heavy atom. The lowest BCUT2D eigenvalue weighted by molar-refractivity contribution is 0.101. The zero-order valence-electron chi connectivity index (χ0n) is 9.94. The molecule has 0 amide bonds. The monoisotopic (exact) mass is 282 g/mol. The molecule has 2 rings (SSSR count). The van der Waals surface area contributed by atoms with Crippen molar-refractivity contribution in [2.45, 2.75) is 29.5 Å². The van der Waals surface area contributed by atoms with Crippen molar-refractivity contribution in [3.05, 3.63) is 35.4 Å². The summed E-state index contributed by atoms with van der Waals surface area (Å²) in [4.78, 5) is 16.3. The van der Waals surface area contributed by atoms with Gasteiger partial charge in [0, 0.05) is 11.3 Å². The normalized spacial score (nSPS) is 10.6. The molecule has 0 N–H and O–H groups in total. The van der Waals surface area contributed by atoms with Gasteiger partial charge in [0.1, 0.15) is 11.6 Å². The van der Waals surface area contributed by atoms with Gasteiger partial charge in [-0.2, -0.15) is 4.37 Å². The summed E-state index contributed by atoms with van der Waals surface area (Å²) >= 11 is 2.54. The summed E-state index contributed by atoms with van der Waals surface area (Å²) in [6, 6.07) is 4.60. The predicted octanol–water partition coefficient (Wildman–Crippen LogP) is 3.59. The first-order chi connectivity index (χ1) is 8.61. The van der Waals surface area contributed by atoms with Crippen molar-refractivity contribution in [1.82, 2.24) is 9.36 Å². The smallest absolute Gasteiger partial charge is 0.174 e. The van der Waals surface area contributed by atoms with Crippen LogP contribution in [0.2, 0.25) is 0 Å². The molecule has 0 bridgehead atoms. The molecule has 6 heteroatoms. The van der Waals surface area contributed by atoms with Crippen LogP contribution in [0.15, 0.2) is 27.4 Å². The number of aromatic nitrogens is 2. The lowest BCUT2D eigenvalue weighted by atomic mass is 10.1. The number of Topliss-reactive ketones (excluding diaryl/α,β-unsaturated/α-hetero) is 1. The first-order valence-corrected chi connectivity index (χ1v) is 7.00. The van der Waals surface area contributed by atoms with Crippen molar-refractivity contribution < 1.29 is 9.18 Å². The number of carbonyl (C=O) groups is 1. The van der Waals surface area contributed by atoms with Crippen LogP contribution in [-0.2, 0) is 6.42 Å². The molecule has 0 radical (unpaired) electrons. The predicted molar refractivity (Wildman–Crippen MR) is 69.8 cm³/mol. The Bertz CT molecular complexity index is 583. The Balaban J connectivity index is 2.34. The van der Waals surface area contributed by atoms with Crippen molar-refractivity contribution in [2.24, 2.45) is 0 Å². The van der Waals surface area contributed by atoms with E-state index in [2.05, 4.69) is 9.36 Å². The van der Waals surface area contributed by atoms with E-state index in [1.165, 1.54) is 36.3 Å². The summed E-state index contributed by atoms with van der Waals surface area (Å²) < 4.78 is 18.5. The van der Waals surface area contributed by atoms with Gasteiger partial charge in [-0.25, -0.2) is 9.37 Å². The van der Waals surface area contributed by atoms with E-state index in [1.54, 1.807) is 12.1 Å². The van der Waals surface area contributed by atoms with Crippen molar-refractivity contribution >= 4 is 29.1 Å². The fraction of sp³-hybridized carbons (Fsp3) is 0.250. The Labute approximate surface area is 113 Å². The fourth-order valence-corrected chi connectivity index (χ4v) is 3.31. The first-order valence-electron chi connectivity index (χ1n) is 5.41. The van der Waals surface area contributed by atoms with Crippen LogP contribution in [0.4, 0.5) is 4.39 Å². The molecule has 0 atom stereocenters. The molecule has 1 aromatic carbocycles. The number of hydrogen-bond donors (Lipinski definition) is 0. The maximum Gasteiger partial charge on any atom is 0.174 e. The maximum absolute atomic E-state index is 13.6. The summed E-state index contributed by atoms with van der Waals surface area (Å²) in [6.45, 7) is 3.33. The van der Waals surface area contributed by atoms with Gasteiger partial charge in [-0.1, -0.05) is 24.8 Å². The number of nitrogens with zero attached hydrogens (tertiary/aromatic N) is 2. The Hall–Kier alpha value is -1.27. The van der Waals surface area contributed by atoms with Gasteiger partial charge >= 0.3 is 0 Å². The summed E-state index contributed by atoms with van der Waals surface area (Å²) in [5, 5.41) is 0. The van der Waals surface area contributed by atoms with Gasteiger partial charge in [-0.15, -0.1) is 0 Å². The zero-order valence-corrected chi connectivity index (χ0v) is 11.6. The van der Waals surface area contributed by atoms with Crippen molar-refractivity contribution in [3.8, 4) is 0 Å². The molecule has 0 aliphatic rings. The van der Waals surface area contributed by atoms with Gasteiger partial charge in [0.15, 0.2) is 10.1 Å². The Morgan fingerprint density at radius 3 is 2.89 bits per heavy atom. The van der Waals surface area contributed by atoms with Crippen LogP contribution in [0.25, 0.3) is 0 Å². The van der Waals surface area contributed by atoms with E-state index >= 15 is 0 Å². The topological polar surface area (TPSA) is 42.9 Å².